The van der Waals surface area contributed by atoms with Crippen LogP contribution in [0.2, 0.25) is 0 Å². The van der Waals surface area contributed by atoms with Gasteiger partial charge in [-0.2, -0.15) is 0 Å². The maximum Gasteiger partial charge on any atom is 0.276 e. The summed E-state index contributed by atoms with van der Waals surface area (Å²) in [6.45, 7) is 4.01. The Morgan fingerprint density at radius 3 is 2.44 bits per heavy atom. The molecule has 2 aliphatic rings. The highest BCUT2D eigenvalue weighted by Crippen LogP contribution is 2.29. The number of fused-ring (bicyclic) bond motifs is 1. The minimum absolute atomic E-state index is 0.202. The van der Waals surface area contributed by atoms with E-state index in [0.717, 1.165) is 17.7 Å². The van der Waals surface area contributed by atoms with E-state index in [4.69, 9.17) is 0 Å². The molecule has 2 aliphatic heterocycles. The fourth-order valence-corrected chi connectivity index (χ4v) is 5.02. The van der Waals surface area contributed by atoms with Crippen molar-refractivity contribution in [2.24, 2.45) is 0 Å². The topological polar surface area (TPSA) is 121 Å². The van der Waals surface area contributed by atoms with Gasteiger partial charge in [-0.3, -0.25) is 24.5 Å². The molecule has 202 valence electrons. The van der Waals surface area contributed by atoms with Gasteiger partial charge in [0.2, 0.25) is 11.8 Å². The second-order valence-electron chi connectivity index (χ2n) is 10.2. The molecule has 2 aromatic carbocycles. The maximum absolute atomic E-state index is 13.2. The number of hydrogen-bond donors (Lipinski definition) is 1. The molecule has 4 amide bonds. The Balaban J connectivity index is 1.28. The molecule has 1 atom stereocenters. The van der Waals surface area contributed by atoms with Gasteiger partial charge in [0.1, 0.15) is 6.04 Å². The molecule has 1 N–H and O–H groups in total. The van der Waals surface area contributed by atoms with Crippen molar-refractivity contribution in [3.63, 3.8) is 0 Å². The number of nitrogens with one attached hydrogen (secondary N) is 1. The first-order valence-corrected chi connectivity index (χ1v) is 13.0. The summed E-state index contributed by atoms with van der Waals surface area (Å²) in [6, 6.07) is 12.8. The summed E-state index contributed by atoms with van der Waals surface area (Å²) in [5.41, 5.74) is 4.37. The Kier molecular flexibility index (Phi) is 7.25. The van der Waals surface area contributed by atoms with E-state index in [2.05, 4.69) is 32.7 Å². The quantitative estimate of drug-likeness (QED) is 0.442. The van der Waals surface area contributed by atoms with Crippen LogP contribution in [0.3, 0.4) is 0 Å². The van der Waals surface area contributed by atoms with Crippen molar-refractivity contribution >= 4 is 23.6 Å². The van der Waals surface area contributed by atoms with Gasteiger partial charge in [-0.1, -0.05) is 29.5 Å². The van der Waals surface area contributed by atoms with Gasteiger partial charge >= 0.3 is 0 Å². The Bertz CT molecular complexity index is 1430. The van der Waals surface area contributed by atoms with E-state index in [0.29, 0.717) is 30.8 Å². The lowest BCUT2D eigenvalue weighted by Crippen LogP contribution is -2.52. The van der Waals surface area contributed by atoms with Crippen LogP contribution in [0.15, 0.2) is 48.7 Å². The molecule has 0 aliphatic carbocycles. The molecule has 5 rings (SSSR count). The highest BCUT2D eigenvalue weighted by molar-refractivity contribution is 6.05. The minimum Gasteiger partial charge on any atom is -0.333 e. The van der Waals surface area contributed by atoms with Gasteiger partial charge in [0.25, 0.3) is 11.8 Å². The molecular weight excluding hydrogens is 498 g/mol. The number of benzene rings is 2. The zero-order valence-electron chi connectivity index (χ0n) is 22.3. The van der Waals surface area contributed by atoms with Crippen LogP contribution < -0.4 is 5.32 Å². The van der Waals surface area contributed by atoms with Crippen LogP contribution in [0.25, 0.3) is 5.69 Å². The monoisotopic (exact) mass is 529 g/mol. The lowest BCUT2D eigenvalue weighted by Gasteiger charge is -2.29. The second-order valence-corrected chi connectivity index (χ2v) is 10.2. The average molecular weight is 530 g/mol. The molecular formula is C28H31N7O4. The molecule has 11 heteroatoms. The fraction of sp³-hybridized carbons (Fsp3) is 0.357. The number of nitrogens with zero attached hydrogens (tertiary/aromatic N) is 6. The summed E-state index contributed by atoms with van der Waals surface area (Å²) in [5, 5.41) is 10.6. The van der Waals surface area contributed by atoms with Crippen LogP contribution in [0.4, 0.5) is 0 Å². The Morgan fingerprint density at radius 1 is 1.05 bits per heavy atom. The molecule has 0 spiro atoms. The van der Waals surface area contributed by atoms with Crippen LogP contribution in [0.5, 0.6) is 0 Å². The third-order valence-corrected chi connectivity index (χ3v) is 7.05. The predicted octanol–water partition coefficient (Wildman–Crippen LogP) is 1.75. The third kappa shape index (κ3) is 5.44. The van der Waals surface area contributed by atoms with Crippen LogP contribution in [-0.4, -0.2) is 80.0 Å². The fourth-order valence-electron chi connectivity index (χ4n) is 5.02. The number of piperidine rings is 1. The highest BCUT2D eigenvalue weighted by atomic mass is 16.2. The van der Waals surface area contributed by atoms with E-state index in [9.17, 15) is 19.2 Å². The van der Waals surface area contributed by atoms with E-state index < -0.39 is 11.9 Å². The van der Waals surface area contributed by atoms with Crippen molar-refractivity contribution in [2.75, 3.05) is 20.6 Å². The molecule has 0 bridgehead atoms. The normalized spacial score (nSPS) is 17.0. The van der Waals surface area contributed by atoms with E-state index in [1.807, 2.05) is 39.2 Å². The van der Waals surface area contributed by atoms with Gasteiger partial charge in [0.15, 0.2) is 5.69 Å². The first-order chi connectivity index (χ1) is 18.7. The predicted molar refractivity (Wildman–Crippen MR) is 142 cm³/mol. The number of carbonyl (C=O) groups is 4. The summed E-state index contributed by atoms with van der Waals surface area (Å²) in [5.74, 6) is -1.23. The molecule has 1 aromatic heterocycles. The van der Waals surface area contributed by atoms with Crippen molar-refractivity contribution in [1.82, 2.24) is 35.0 Å². The molecule has 1 unspecified atom stereocenters. The number of imide groups is 1. The van der Waals surface area contributed by atoms with Crippen molar-refractivity contribution < 1.29 is 19.2 Å². The van der Waals surface area contributed by atoms with Gasteiger partial charge < -0.3 is 14.7 Å². The van der Waals surface area contributed by atoms with Crippen molar-refractivity contribution in [3.05, 3.63) is 76.6 Å². The third-order valence-electron chi connectivity index (χ3n) is 7.05. The Morgan fingerprint density at radius 2 is 1.77 bits per heavy atom. The zero-order chi connectivity index (χ0) is 27.7. The van der Waals surface area contributed by atoms with Crippen LogP contribution >= 0.6 is 0 Å². The number of amides is 4. The highest BCUT2D eigenvalue weighted by Gasteiger charge is 2.39. The van der Waals surface area contributed by atoms with Gasteiger partial charge in [0, 0.05) is 38.2 Å². The summed E-state index contributed by atoms with van der Waals surface area (Å²) in [6.07, 6.45) is 2.09. The maximum atomic E-state index is 13.2. The van der Waals surface area contributed by atoms with Crippen molar-refractivity contribution in [3.8, 4) is 5.69 Å². The molecule has 11 nitrogen and oxygen atoms in total. The van der Waals surface area contributed by atoms with Gasteiger partial charge in [-0.15, -0.1) is 5.10 Å². The lowest BCUT2D eigenvalue weighted by molar-refractivity contribution is -0.136. The smallest absolute Gasteiger partial charge is 0.276 e. The summed E-state index contributed by atoms with van der Waals surface area (Å²) >= 11 is 0. The minimum atomic E-state index is -0.675. The van der Waals surface area contributed by atoms with Gasteiger partial charge in [-0.25, -0.2) is 4.68 Å². The summed E-state index contributed by atoms with van der Waals surface area (Å²) < 4.78 is 1.51. The molecule has 3 aromatic rings. The SMILES string of the molecule is CCN(Cc1ccc(CN(C)C)cc1)C(=O)c1cn(-c2ccc3c(c2)CN(C2CCC(=O)NC2=O)C3=O)nn1. The summed E-state index contributed by atoms with van der Waals surface area (Å²) in [4.78, 5) is 55.3. The number of rotatable bonds is 8. The van der Waals surface area contributed by atoms with E-state index in [-0.39, 0.29) is 36.4 Å². The Hall–Kier alpha value is -4.38. The van der Waals surface area contributed by atoms with Gasteiger partial charge in [0.05, 0.1) is 11.9 Å². The first-order valence-electron chi connectivity index (χ1n) is 13.0. The Labute approximate surface area is 226 Å². The van der Waals surface area contributed by atoms with Crippen LogP contribution in [0, 0.1) is 0 Å². The second kappa shape index (κ2) is 10.8. The standard InChI is InChI=1S/C28H31N7O4/c1-4-33(15-19-7-5-18(6-8-19)14-32(2)3)28(39)23-17-35(31-30-23)21-9-10-22-20(13-21)16-34(27(22)38)24-11-12-25(36)29-26(24)37/h5-10,13,17,24H,4,11-12,14-16H2,1-3H3,(H,29,36,37). The van der Waals surface area contributed by atoms with Crippen LogP contribution in [-0.2, 0) is 29.2 Å². The average Bonchev–Trinajstić information content (AvgIpc) is 3.53. The molecule has 1 saturated heterocycles. The van der Waals surface area contributed by atoms with Crippen LogP contribution in [0.1, 0.15) is 57.3 Å². The van der Waals surface area contributed by atoms with E-state index in [1.165, 1.54) is 15.1 Å². The molecule has 39 heavy (non-hydrogen) atoms. The van der Waals surface area contributed by atoms with E-state index in [1.54, 1.807) is 23.2 Å². The summed E-state index contributed by atoms with van der Waals surface area (Å²) in [7, 11) is 4.05. The van der Waals surface area contributed by atoms with Crippen molar-refractivity contribution in [1.29, 1.82) is 0 Å². The van der Waals surface area contributed by atoms with Crippen molar-refractivity contribution in [2.45, 2.75) is 45.4 Å². The number of hydrogen-bond acceptors (Lipinski definition) is 7. The first kappa shape index (κ1) is 26.2. The largest absolute Gasteiger partial charge is 0.333 e. The zero-order valence-corrected chi connectivity index (χ0v) is 22.3. The molecule has 0 radical (unpaired) electrons. The van der Waals surface area contributed by atoms with Gasteiger partial charge in [-0.05, 0) is 62.3 Å². The number of aromatic nitrogens is 3. The van der Waals surface area contributed by atoms with E-state index >= 15 is 0 Å². The molecule has 0 saturated carbocycles. The number of carbonyl (C=O) groups excluding carboxylic acids is 4. The molecule has 3 heterocycles. The molecule has 1 fully saturated rings. The lowest BCUT2D eigenvalue weighted by atomic mass is 10.0.